The molecular weight excluding hydrogens is 230 g/mol. The van der Waals surface area contributed by atoms with Gasteiger partial charge in [0.2, 0.25) is 0 Å². The Morgan fingerprint density at radius 1 is 1.22 bits per heavy atom. The molecule has 5 heterocycles. The summed E-state index contributed by atoms with van der Waals surface area (Å²) in [6.07, 6.45) is 7.21. The van der Waals surface area contributed by atoms with Crippen LogP contribution in [0.5, 0.6) is 0 Å². The van der Waals surface area contributed by atoms with Gasteiger partial charge in [-0.15, -0.1) is 0 Å². The second-order valence-corrected chi connectivity index (χ2v) is 5.11. The van der Waals surface area contributed by atoms with Crippen LogP contribution in [0.1, 0.15) is 18.9 Å². The number of oxazole rings is 1. The first kappa shape index (κ1) is 10.3. The van der Waals surface area contributed by atoms with Crippen LogP contribution < -0.4 is 0 Å². The molecule has 2 aromatic heterocycles. The van der Waals surface area contributed by atoms with E-state index in [0.717, 1.165) is 24.0 Å². The fraction of sp³-hybridized carbons (Fsp3) is 0.583. The number of nitrogens with zero attached hydrogens (tertiary/aromatic N) is 5. The first-order valence-corrected chi connectivity index (χ1v) is 6.42. The van der Waals surface area contributed by atoms with E-state index >= 15 is 0 Å². The summed E-state index contributed by atoms with van der Waals surface area (Å²) >= 11 is 0. The zero-order chi connectivity index (χ0) is 11.9. The average molecular weight is 245 g/mol. The Kier molecular flexibility index (Phi) is 2.23. The maximum atomic E-state index is 5.04. The summed E-state index contributed by atoms with van der Waals surface area (Å²) in [5.41, 5.74) is 0.768. The Morgan fingerprint density at radius 3 is 2.78 bits per heavy atom. The first-order chi connectivity index (χ1) is 8.92. The Balaban J connectivity index is 1.71. The Labute approximate surface area is 105 Å². The molecule has 6 nitrogen and oxygen atoms in total. The van der Waals surface area contributed by atoms with Gasteiger partial charge in [-0.3, -0.25) is 0 Å². The standard InChI is InChI=1S/C12H15N5O/c1-3-16-4-2-9(1)11(5-16)17-12(13-7-15-17)10-6-18-8-14-10/h6-9,11H,1-5H2. The van der Waals surface area contributed by atoms with Crippen molar-refractivity contribution in [1.29, 1.82) is 0 Å². The van der Waals surface area contributed by atoms with Crippen molar-refractivity contribution in [1.82, 2.24) is 24.6 Å². The van der Waals surface area contributed by atoms with Gasteiger partial charge in [0, 0.05) is 6.54 Å². The Hall–Kier alpha value is -1.69. The number of hydrogen-bond acceptors (Lipinski definition) is 5. The average Bonchev–Trinajstić information content (AvgIpc) is 3.11. The lowest BCUT2D eigenvalue weighted by atomic mass is 9.84. The predicted molar refractivity (Wildman–Crippen MR) is 63.7 cm³/mol. The van der Waals surface area contributed by atoms with Crippen LogP contribution in [0, 0.1) is 5.92 Å². The largest absolute Gasteiger partial charge is 0.451 e. The molecule has 18 heavy (non-hydrogen) atoms. The van der Waals surface area contributed by atoms with Crippen molar-refractivity contribution in [3.8, 4) is 11.5 Å². The van der Waals surface area contributed by atoms with Crippen LogP contribution in [-0.4, -0.2) is 44.3 Å². The molecule has 0 aromatic carbocycles. The molecule has 3 aliphatic heterocycles. The molecule has 1 atom stereocenters. The van der Waals surface area contributed by atoms with Gasteiger partial charge in [0.15, 0.2) is 12.2 Å². The highest BCUT2D eigenvalue weighted by atomic mass is 16.3. The van der Waals surface area contributed by atoms with Crippen LogP contribution in [0.3, 0.4) is 0 Å². The summed E-state index contributed by atoms with van der Waals surface area (Å²) < 4.78 is 7.08. The van der Waals surface area contributed by atoms with E-state index in [1.807, 2.05) is 4.68 Å². The molecule has 0 amide bonds. The van der Waals surface area contributed by atoms with E-state index in [1.165, 1.54) is 32.3 Å². The topological polar surface area (TPSA) is 60.0 Å². The molecule has 0 aliphatic carbocycles. The molecule has 3 fully saturated rings. The smallest absolute Gasteiger partial charge is 0.181 e. The van der Waals surface area contributed by atoms with E-state index in [1.54, 1.807) is 12.6 Å². The van der Waals surface area contributed by atoms with Crippen molar-refractivity contribution in [3.05, 3.63) is 19.0 Å². The zero-order valence-corrected chi connectivity index (χ0v) is 10.1. The molecular formula is C12H15N5O. The first-order valence-electron chi connectivity index (χ1n) is 6.42. The molecule has 0 radical (unpaired) electrons. The molecule has 3 saturated heterocycles. The minimum Gasteiger partial charge on any atom is -0.451 e. The Bertz CT molecular complexity index is 526. The number of fused-ring (bicyclic) bond motifs is 3. The fourth-order valence-corrected chi connectivity index (χ4v) is 3.21. The predicted octanol–water partition coefficient (Wildman–Crippen LogP) is 1.20. The molecule has 0 spiro atoms. The van der Waals surface area contributed by atoms with Crippen LogP contribution in [0.25, 0.3) is 11.5 Å². The summed E-state index contributed by atoms with van der Waals surface area (Å²) in [5, 5.41) is 4.41. The highest BCUT2D eigenvalue weighted by Gasteiger charge is 2.36. The second kappa shape index (κ2) is 3.91. The number of piperidine rings is 3. The second-order valence-electron chi connectivity index (χ2n) is 5.11. The van der Waals surface area contributed by atoms with E-state index in [4.69, 9.17) is 4.42 Å². The van der Waals surface area contributed by atoms with E-state index in [2.05, 4.69) is 20.0 Å². The lowest BCUT2D eigenvalue weighted by Gasteiger charge is -2.44. The monoisotopic (exact) mass is 245 g/mol. The zero-order valence-electron chi connectivity index (χ0n) is 10.1. The van der Waals surface area contributed by atoms with Gasteiger partial charge in [-0.05, 0) is 31.8 Å². The highest BCUT2D eigenvalue weighted by Crippen LogP contribution is 2.36. The van der Waals surface area contributed by atoms with Crippen molar-refractivity contribution in [2.24, 2.45) is 5.92 Å². The van der Waals surface area contributed by atoms with E-state index in [-0.39, 0.29) is 0 Å². The maximum absolute atomic E-state index is 5.04. The minimum absolute atomic E-state index is 0.432. The SMILES string of the molecule is c1nc(-c2cocn2)n(C2CN3CCC2CC3)n1. The highest BCUT2D eigenvalue weighted by molar-refractivity contribution is 5.46. The van der Waals surface area contributed by atoms with Crippen molar-refractivity contribution in [2.45, 2.75) is 18.9 Å². The molecule has 94 valence electrons. The number of aromatic nitrogens is 4. The maximum Gasteiger partial charge on any atom is 0.181 e. The molecule has 6 heteroatoms. The molecule has 2 aromatic rings. The summed E-state index contributed by atoms with van der Waals surface area (Å²) in [4.78, 5) is 11.0. The third kappa shape index (κ3) is 1.49. The van der Waals surface area contributed by atoms with Gasteiger partial charge < -0.3 is 9.32 Å². The van der Waals surface area contributed by atoms with Gasteiger partial charge in [0.1, 0.15) is 18.3 Å². The minimum atomic E-state index is 0.432. The molecule has 5 rings (SSSR count). The molecule has 3 aliphatic rings. The van der Waals surface area contributed by atoms with Crippen molar-refractivity contribution < 1.29 is 4.42 Å². The van der Waals surface area contributed by atoms with Crippen LogP contribution in [0.2, 0.25) is 0 Å². The molecule has 1 unspecified atom stereocenters. The quantitative estimate of drug-likeness (QED) is 0.795. The summed E-state index contributed by atoms with van der Waals surface area (Å²) in [6.45, 7) is 3.54. The van der Waals surface area contributed by atoms with Gasteiger partial charge in [0.25, 0.3) is 0 Å². The third-order valence-electron chi connectivity index (χ3n) is 4.17. The van der Waals surface area contributed by atoms with E-state index in [9.17, 15) is 0 Å². The summed E-state index contributed by atoms with van der Waals surface area (Å²) in [5.74, 6) is 1.55. The van der Waals surface area contributed by atoms with Crippen LogP contribution >= 0.6 is 0 Å². The molecule has 2 bridgehead atoms. The van der Waals surface area contributed by atoms with Gasteiger partial charge in [-0.2, -0.15) is 5.10 Å². The molecule has 0 saturated carbocycles. The van der Waals surface area contributed by atoms with Gasteiger partial charge in [0.05, 0.1) is 6.04 Å². The van der Waals surface area contributed by atoms with Crippen LogP contribution in [0.15, 0.2) is 23.4 Å². The number of rotatable bonds is 2. The van der Waals surface area contributed by atoms with Crippen LogP contribution in [-0.2, 0) is 0 Å². The van der Waals surface area contributed by atoms with E-state index in [0.29, 0.717) is 6.04 Å². The number of hydrogen-bond donors (Lipinski definition) is 0. The lowest BCUT2D eigenvalue weighted by molar-refractivity contribution is 0.0519. The summed E-state index contributed by atoms with van der Waals surface area (Å²) in [6, 6.07) is 0.432. The normalized spacial score (nSPS) is 30.8. The van der Waals surface area contributed by atoms with Gasteiger partial charge in [-0.25, -0.2) is 14.6 Å². The lowest BCUT2D eigenvalue weighted by Crippen LogP contribution is -2.48. The van der Waals surface area contributed by atoms with Crippen molar-refractivity contribution in [2.75, 3.05) is 19.6 Å². The fourth-order valence-electron chi connectivity index (χ4n) is 3.21. The van der Waals surface area contributed by atoms with E-state index < -0.39 is 0 Å². The van der Waals surface area contributed by atoms with Gasteiger partial charge in [-0.1, -0.05) is 0 Å². The Morgan fingerprint density at radius 2 is 2.11 bits per heavy atom. The third-order valence-corrected chi connectivity index (χ3v) is 4.17. The van der Waals surface area contributed by atoms with Crippen LogP contribution in [0.4, 0.5) is 0 Å². The van der Waals surface area contributed by atoms with Crippen molar-refractivity contribution >= 4 is 0 Å². The van der Waals surface area contributed by atoms with Crippen molar-refractivity contribution in [3.63, 3.8) is 0 Å². The van der Waals surface area contributed by atoms with Gasteiger partial charge >= 0.3 is 0 Å². The summed E-state index contributed by atoms with van der Waals surface area (Å²) in [7, 11) is 0. The molecule has 0 N–H and O–H groups in total.